The van der Waals surface area contributed by atoms with Crippen molar-refractivity contribution in [3.05, 3.63) is 0 Å². The molecular formula is C13H25NO3. The molecule has 0 aromatic heterocycles. The highest BCUT2D eigenvalue weighted by atomic mass is 16.5. The smallest absolute Gasteiger partial charge is 0.318 e. The van der Waals surface area contributed by atoms with E-state index in [1.54, 1.807) is 11.9 Å². The molecule has 1 atom stereocenters. The van der Waals surface area contributed by atoms with Gasteiger partial charge in [0, 0.05) is 13.6 Å². The zero-order valence-corrected chi connectivity index (χ0v) is 11.8. The maximum absolute atomic E-state index is 12.1. The fourth-order valence-electron chi connectivity index (χ4n) is 1.58. The van der Waals surface area contributed by atoms with Crippen LogP contribution < -0.4 is 0 Å². The Bertz CT molecular complexity index is 261. The minimum atomic E-state index is -0.683. The van der Waals surface area contributed by atoms with Crippen molar-refractivity contribution >= 4 is 11.9 Å². The third-order valence-corrected chi connectivity index (χ3v) is 2.81. The summed E-state index contributed by atoms with van der Waals surface area (Å²) in [6.07, 6.45) is 0.939. The van der Waals surface area contributed by atoms with Crippen LogP contribution in [-0.2, 0) is 14.3 Å². The van der Waals surface area contributed by atoms with Crippen molar-refractivity contribution in [2.24, 2.45) is 17.8 Å². The molecule has 0 radical (unpaired) electrons. The first kappa shape index (κ1) is 15.9. The Morgan fingerprint density at radius 3 is 2.06 bits per heavy atom. The van der Waals surface area contributed by atoms with Crippen LogP contribution in [0.5, 0.6) is 0 Å². The van der Waals surface area contributed by atoms with Crippen LogP contribution in [0, 0.1) is 17.8 Å². The number of rotatable bonds is 6. The second-order valence-electron chi connectivity index (χ2n) is 5.19. The first-order valence-corrected chi connectivity index (χ1v) is 6.14. The highest BCUT2D eigenvalue weighted by Gasteiger charge is 2.32. The van der Waals surface area contributed by atoms with Gasteiger partial charge in [0.15, 0.2) is 0 Å². The quantitative estimate of drug-likeness (QED) is 0.529. The fraction of sp³-hybridized carbons (Fsp3) is 0.846. The van der Waals surface area contributed by atoms with Gasteiger partial charge in [-0.25, -0.2) is 0 Å². The first-order chi connectivity index (χ1) is 7.81. The normalized spacial score (nSPS) is 12.7. The Kier molecular flexibility index (Phi) is 6.85. The topological polar surface area (TPSA) is 46.6 Å². The molecule has 0 aromatic carbocycles. The summed E-state index contributed by atoms with van der Waals surface area (Å²) in [4.78, 5) is 25.3. The van der Waals surface area contributed by atoms with Gasteiger partial charge in [0.1, 0.15) is 5.92 Å². The summed E-state index contributed by atoms with van der Waals surface area (Å²) in [6.45, 7) is 8.61. The summed E-state index contributed by atoms with van der Waals surface area (Å²) in [5, 5.41) is 0. The maximum atomic E-state index is 12.1. The van der Waals surface area contributed by atoms with Gasteiger partial charge in [-0.1, -0.05) is 27.7 Å². The lowest BCUT2D eigenvalue weighted by Crippen LogP contribution is -2.40. The summed E-state index contributed by atoms with van der Waals surface area (Å²) in [7, 11) is 3.06. The van der Waals surface area contributed by atoms with E-state index in [2.05, 4.69) is 18.6 Å². The molecule has 0 fully saturated rings. The molecule has 0 heterocycles. The monoisotopic (exact) mass is 243 g/mol. The molecule has 0 aromatic rings. The molecule has 0 saturated heterocycles. The van der Waals surface area contributed by atoms with Crippen molar-refractivity contribution in [2.45, 2.75) is 34.1 Å². The van der Waals surface area contributed by atoms with Crippen LogP contribution in [-0.4, -0.2) is 37.5 Å². The highest BCUT2D eigenvalue weighted by molar-refractivity contribution is 5.97. The van der Waals surface area contributed by atoms with Gasteiger partial charge in [-0.2, -0.15) is 0 Å². The lowest BCUT2D eigenvalue weighted by molar-refractivity contribution is -0.155. The van der Waals surface area contributed by atoms with E-state index in [-0.39, 0.29) is 11.8 Å². The molecular weight excluding hydrogens is 218 g/mol. The van der Waals surface area contributed by atoms with Crippen LogP contribution in [0.2, 0.25) is 0 Å². The number of carbonyl (C=O) groups is 2. The van der Waals surface area contributed by atoms with E-state index in [0.29, 0.717) is 12.5 Å². The first-order valence-electron chi connectivity index (χ1n) is 6.14. The molecule has 4 nitrogen and oxygen atoms in total. The van der Waals surface area contributed by atoms with Gasteiger partial charge >= 0.3 is 5.97 Å². The molecule has 0 N–H and O–H groups in total. The van der Waals surface area contributed by atoms with Crippen molar-refractivity contribution in [2.75, 3.05) is 20.7 Å². The second kappa shape index (κ2) is 7.30. The lowest BCUT2D eigenvalue weighted by atomic mass is 9.94. The number of hydrogen-bond donors (Lipinski definition) is 0. The molecule has 0 spiro atoms. The standard InChI is InChI=1S/C13H25NO3/c1-9(2)7-8-14(5)12(15)11(10(3)4)13(16)17-6/h9-11H,7-8H2,1-6H3. The summed E-state index contributed by atoms with van der Waals surface area (Å²) < 4.78 is 4.68. The van der Waals surface area contributed by atoms with E-state index in [1.165, 1.54) is 7.11 Å². The van der Waals surface area contributed by atoms with E-state index in [4.69, 9.17) is 0 Å². The predicted molar refractivity (Wildman–Crippen MR) is 67.4 cm³/mol. The molecule has 0 aliphatic carbocycles. The molecule has 4 heteroatoms. The van der Waals surface area contributed by atoms with E-state index in [9.17, 15) is 9.59 Å². The predicted octanol–water partition coefficient (Wildman–Crippen LogP) is 1.94. The molecule has 100 valence electrons. The maximum Gasteiger partial charge on any atom is 0.318 e. The van der Waals surface area contributed by atoms with E-state index in [1.807, 2.05) is 13.8 Å². The van der Waals surface area contributed by atoms with Gasteiger partial charge in [-0.15, -0.1) is 0 Å². The lowest BCUT2D eigenvalue weighted by Gasteiger charge is -2.25. The Labute approximate surface area is 104 Å². The number of hydrogen-bond acceptors (Lipinski definition) is 3. The molecule has 0 aliphatic heterocycles. The third kappa shape index (κ3) is 5.20. The van der Waals surface area contributed by atoms with Gasteiger partial charge in [-0.05, 0) is 18.3 Å². The van der Waals surface area contributed by atoms with E-state index in [0.717, 1.165) is 6.42 Å². The SMILES string of the molecule is COC(=O)C(C(=O)N(C)CCC(C)C)C(C)C. The Balaban J connectivity index is 4.56. The number of ether oxygens (including phenoxy) is 1. The highest BCUT2D eigenvalue weighted by Crippen LogP contribution is 2.16. The van der Waals surface area contributed by atoms with Gasteiger partial charge < -0.3 is 9.64 Å². The van der Waals surface area contributed by atoms with Crippen LogP contribution in [0.25, 0.3) is 0 Å². The molecule has 0 saturated carbocycles. The molecule has 1 amide bonds. The zero-order chi connectivity index (χ0) is 13.6. The van der Waals surface area contributed by atoms with Crippen LogP contribution in [0.1, 0.15) is 34.1 Å². The van der Waals surface area contributed by atoms with Crippen molar-refractivity contribution in [1.82, 2.24) is 4.90 Å². The molecule has 17 heavy (non-hydrogen) atoms. The van der Waals surface area contributed by atoms with Crippen molar-refractivity contribution in [3.63, 3.8) is 0 Å². The largest absolute Gasteiger partial charge is 0.468 e. The summed E-state index contributed by atoms with van der Waals surface area (Å²) in [6, 6.07) is 0. The Morgan fingerprint density at radius 1 is 1.18 bits per heavy atom. The fourth-order valence-corrected chi connectivity index (χ4v) is 1.58. The third-order valence-electron chi connectivity index (χ3n) is 2.81. The van der Waals surface area contributed by atoms with Crippen LogP contribution in [0.4, 0.5) is 0 Å². The second-order valence-corrected chi connectivity index (χ2v) is 5.19. The number of esters is 1. The molecule has 1 unspecified atom stereocenters. The van der Waals surface area contributed by atoms with E-state index < -0.39 is 11.9 Å². The summed E-state index contributed by atoms with van der Waals surface area (Å²) in [5.41, 5.74) is 0. The average molecular weight is 243 g/mol. The molecule has 0 rings (SSSR count). The minimum absolute atomic E-state index is 0.0450. The van der Waals surface area contributed by atoms with Crippen LogP contribution >= 0.6 is 0 Å². The summed E-state index contributed by atoms with van der Waals surface area (Å²) >= 11 is 0. The minimum Gasteiger partial charge on any atom is -0.468 e. The average Bonchev–Trinajstić information content (AvgIpc) is 2.24. The van der Waals surface area contributed by atoms with Gasteiger partial charge in [0.05, 0.1) is 7.11 Å². The van der Waals surface area contributed by atoms with Crippen molar-refractivity contribution < 1.29 is 14.3 Å². The Hall–Kier alpha value is -1.06. The van der Waals surface area contributed by atoms with E-state index >= 15 is 0 Å². The van der Waals surface area contributed by atoms with Gasteiger partial charge in [0.2, 0.25) is 5.91 Å². The molecule has 0 bridgehead atoms. The Morgan fingerprint density at radius 2 is 1.71 bits per heavy atom. The number of methoxy groups -OCH3 is 1. The van der Waals surface area contributed by atoms with Gasteiger partial charge in [-0.3, -0.25) is 9.59 Å². The van der Waals surface area contributed by atoms with Crippen molar-refractivity contribution in [3.8, 4) is 0 Å². The summed E-state index contributed by atoms with van der Waals surface area (Å²) in [5.74, 6) is -0.775. The number of carbonyl (C=O) groups excluding carboxylic acids is 2. The van der Waals surface area contributed by atoms with Crippen LogP contribution in [0.3, 0.4) is 0 Å². The number of amides is 1. The van der Waals surface area contributed by atoms with Gasteiger partial charge in [0.25, 0.3) is 0 Å². The zero-order valence-electron chi connectivity index (χ0n) is 11.8. The van der Waals surface area contributed by atoms with Crippen molar-refractivity contribution in [1.29, 1.82) is 0 Å². The number of nitrogens with zero attached hydrogens (tertiary/aromatic N) is 1. The molecule has 0 aliphatic rings. The van der Waals surface area contributed by atoms with Crippen LogP contribution in [0.15, 0.2) is 0 Å².